The summed E-state index contributed by atoms with van der Waals surface area (Å²) in [7, 11) is 1.87. The van der Waals surface area contributed by atoms with Crippen molar-refractivity contribution < 1.29 is 4.79 Å². The maximum absolute atomic E-state index is 13.3. The smallest absolute Gasteiger partial charge is 0.256 e. The second kappa shape index (κ2) is 6.51. The molecule has 0 spiro atoms. The SMILES string of the molecule is CN(C(=O)c1ccccc1-n1cccn1)C(c1ccccn1)C1CC1. The third kappa shape index (κ3) is 3.05. The normalized spacial score (nSPS) is 14.9. The number of nitrogens with zero attached hydrogens (tertiary/aromatic N) is 4. The fourth-order valence-electron chi connectivity index (χ4n) is 3.30. The summed E-state index contributed by atoms with van der Waals surface area (Å²) in [6.45, 7) is 0. The van der Waals surface area contributed by atoms with Gasteiger partial charge in [0, 0.05) is 25.6 Å². The van der Waals surface area contributed by atoms with E-state index in [1.807, 2.05) is 66.7 Å². The highest BCUT2D eigenvalue weighted by molar-refractivity contribution is 5.97. The highest BCUT2D eigenvalue weighted by Gasteiger charge is 2.38. The Hall–Kier alpha value is -2.95. The zero-order chi connectivity index (χ0) is 17.2. The highest BCUT2D eigenvalue weighted by atomic mass is 16.2. The molecular weight excluding hydrogens is 312 g/mol. The van der Waals surface area contributed by atoms with Crippen molar-refractivity contribution in [3.05, 3.63) is 78.4 Å². The van der Waals surface area contributed by atoms with Crippen LogP contribution in [-0.4, -0.2) is 32.6 Å². The number of carbonyl (C=O) groups is 1. The van der Waals surface area contributed by atoms with E-state index in [-0.39, 0.29) is 11.9 Å². The summed E-state index contributed by atoms with van der Waals surface area (Å²) in [5.41, 5.74) is 2.40. The molecule has 5 nitrogen and oxygen atoms in total. The molecule has 2 heterocycles. The van der Waals surface area contributed by atoms with E-state index in [9.17, 15) is 4.79 Å². The van der Waals surface area contributed by atoms with Crippen molar-refractivity contribution in [2.24, 2.45) is 5.92 Å². The fraction of sp³-hybridized carbons (Fsp3) is 0.250. The van der Waals surface area contributed by atoms with Crippen molar-refractivity contribution in [3.63, 3.8) is 0 Å². The van der Waals surface area contributed by atoms with Gasteiger partial charge >= 0.3 is 0 Å². The van der Waals surface area contributed by atoms with Crippen LogP contribution in [0.15, 0.2) is 67.1 Å². The van der Waals surface area contributed by atoms with Gasteiger partial charge in [-0.1, -0.05) is 18.2 Å². The van der Waals surface area contributed by atoms with Gasteiger partial charge in [0.25, 0.3) is 5.91 Å². The molecule has 3 aromatic rings. The molecule has 0 bridgehead atoms. The number of para-hydroxylation sites is 1. The summed E-state index contributed by atoms with van der Waals surface area (Å²) in [5, 5.41) is 4.27. The quantitative estimate of drug-likeness (QED) is 0.718. The molecule has 1 amide bonds. The lowest BCUT2D eigenvalue weighted by atomic mass is 10.0. The molecule has 1 unspecified atom stereocenters. The number of hydrogen-bond donors (Lipinski definition) is 0. The van der Waals surface area contributed by atoms with E-state index < -0.39 is 0 Å². The number of amides is 1. The summed E-state index contributed by atoms with van der Waals surface area (Å²) >= 11 is 0. The zero-order valence-electron chi connectivity index (χ0n) is 14.1. The summed E-state index contributed by atoms with van der Waals surface area (Å²) in [4.78, 5) is 19.6. The molecule has 4 rings (SSSR count). The summed E-state index contributed by atoms with van der Waals surface area (Å²) in [6.07, 6.45) is 7.63. The van der Waals surface area contributed by atoms with Crippen LogP contribution in [0.1, 0.15) is 34.9 Å². The first-order chi connectivity index (χ1) is 12.3. The predicted octanol–water partition coefficient (Wildman–Crippen LogP) is 3.49. The minimum Gasteiger partial charge on any atom is -0.333 e. The molecule has 1 aromatic carbocycles. The van der Waals surface area contributed by atoms with E-state index in [0.29, 0.717) is 11.5 Å². The molecule has 0 saturated heterocycles. The van der Waals surface area contributed by atoms with E-state index >= 15 is 0 Å². The number of hydrogen-bond acceptors (Lipinski definition) is 3. The van der Waals surface area contributed by atoms with Crippen molar-refractivity contribution in [1.29, 1.82) is 0 Å². The molecule has 0 aliphatic heterocycles. The van der Waals surface area contributed by atoms with Gasteiger partial charge in [0.2, 0.25) is 0 Å². The minimum atomic E-state index is -0.00588. The molecule has 0 N–H and O–H groups in total. The fourth-order valence-corrected chi connectivity index (χ4v) is 3.30. The van der Waals surface area contributed by atoms with E-state index in [1.165, 1.54) is 0 Å². The van der Waals surface area contributed by atoms with E-state index in [4.69, 9.17) is 0 Å². The average molecular weight is 332 g/mol. The third-order valence-electron chi connectivity index (χ3n) is 4.68. The Morgan fingerprint density at radius 3 is 2.60 bits per heavy atom. The second-order valence-corrected chi connectivity index (χ2v) is 6.42. The maximum atomic E-state index is 13.3. The number of benzene rings is 1. The Bertz CT molecular complexity index is 856. The molecule has 25 heavy (non-hydrogen) atoms. The predicted molar refractivity (Wildman–Crippen MR) is 95.4 cm³/mol. The van der Waals surface area contributed by atoms with E-state index in [2.05, 4.69) is 10.1 Å². The first kappa shape index (κ1) is 15.6. The van der Waals surface area contributed by atoms with Gasteiger partial charge in [-0.25, -0.2) is 4.68 Å². The number of aromatic nitrogens is 3. The van der Waals surface area contributed by atoms with Crippen LogP contribution >= 0.6 is 0 Å². The van der Waals surface area contributed by atoms with E-state index in [0.717, 1.165) is 24.2 Å². The van der Waals surface area contributed by atoms with Gasteiger partial charge in [0.15, 0.2) is 0 Å². The molecule has 5 heteroatoms. The van der Waals surface area contributed by atoms with Crippen LogP contribution in [0.3, 0.4) is 0 Å². The van der Waals surface area contributed by atoms with Crippen LogP contribution in [0.4, 0.5) is 0 Å². The standard InChI is InChI=1S/C20H20N4O/c1-23(19(15-10-11-15)17-8-4-5-12-21-17)20(25)16-7-2-3-9-18(16)24-14-6-13-22-24/h2-9,12-15,19H,10-11H2,1H3. The van der Waals surface area contributed by atoms with Crippen molar-refractivity contribution in [2.45, 2.75) is 18.9 Å². The van der Waals surface area contributed by atoms with Crippen molar-refractivity contribution >= 4 is 5.91 Å². The van der Waals surface area contributed by atoms with Crippen LogP contribution in [0.25, 0.3) is 5.69 Å². The molecule has 2 aromatic heterocycles. The van der Waals surface area contributed by atoms with Gasteiger partial charge in [-0.05, 0) is 49.1 Å². The lowest BCUT2D eigenvalue weighted by molar-refractivity contribution is 0.0707. The second-order valence-electron chi connectivity index (χ2n) is 6.42. The lowest BCUT2D eigenvalue weighted by Gasteiger charge is -2.28. The molecule has 1 saturated carbocycles. The molecule has 0 radical (unpaired) electrons. The van der Waals surface area contributed by atoms with Gasteiger partial charge < -0.3 is 4.90 Å². The van der Waals surface area contributed by atoms with Gasteiger partial charge in [0.05, 0.1) is 23.0 Å². The van der Waals surface area contributed by atoms with Crippen molar-refractivity contribution in [2.75, 3.05) is 7.05 Å². The van der Waals surface area contributed by atoms with Crippen LogP contribution in [0, 0.1) is 5.92 Å². The summed E-state index contributed by atoms with van der Waals surface area (Å²) in [6, 6.07) is 15.3. The molecule has 1 fully saturated rings. The van der Waals surface area contributed by atoms with Crippen molar-refractivity contribution in [3.8, 4) is 5.69 Å². The minimum absolute atomic E-state index is 0.00588. The van der Waals surface area contributed by atoms with Gasteiger partial charge in [-0.15, -0.1) is 0 Å². The Labute approximate surface area is 146 Å². The monoisotopic (exact) mass is 332 g/mol. The van der Waals surface area contributed by atoms with Gasteiger partial charge in [-0.3, -0.25) is 9.78 Å². The Morgan fingerprint density at radius 1 is 1.12 bits per heavy atom. The first-order valence-corrected chi connectivity index (χ1v) is 8.53. The van der Waals surface area contributed by atoms with Crippen LogP contribution in [0.5, 0.6) is 0 Å². The van der Waals surface area contributed by atoms with Crippen molar-refractivity contribution in [1.82, 2.24) is 19.7 Å². The Balaban J connectivity index is 1.69. The van der Waals surface area contributed by atoms with E-state index in [1.54, 1.807) is 17.1 Å². The molecule has 1 aliphatic carbocycles. The Morgan fingerprint density at radius 2 is 1.92 bits per heavy atom. The first-order valence-electron chi connectivity index (χ1n) is 8.53. The number of carbonyl (C=O) groups excluding carboxylic acids is 1. The summed E-state index contributed by atoms with van der Waals surface area (Å²) in [5.74, 6) is 0.481. The number of rotatable bonds is 5. The molecule has 1 atom stereocenters. The third-order valence-corrected chi connectivity index (χ3v) is 4.68. The van der Waals surface area contributed by atoms with Crippen LogP contribution in [-0.2, 0) is 0 Å². The average Bonchev–Trinajstić information content (AvgIpc) is 3.34. The zero-order valence-corrected chi connectivity index (χ0v) is 14.1. The molecule has 126 valence electrons. The Kier molecular flexibility index (Phi) is 4.06. The maximum Gasteiger partial charge on any atom is 0.256 e. The van der Waals surface area contributed by atoms with Gasteiger partial charge in [0.1, 0.15) is 0 Å². The lowest BCUT2D eigenvalue weighted by Crippen LogP contribution is -2.33. The largest absolute Gasteiger partial charge is 0.333 e. The topological polar surface area (TPSA) is 51.0 Å². The number of pyridine rings is 1. The molecular formula is C20H20N4O. The molecule has 1 aliphatic rings. The summed E-state index contributed by atoms with van der Waals surface area (Å²) < 4.78 is 1.73. The van der Waals surface area contributed by atoms with Gasteiger partial charge in [-0.2, -0.15) is 5.10 Å². The van der Waals surface area contributed by atoms with Crippen LogP contribution in [0.2, 0.25) is 0 Å². The highest BCUT2D eigenvalue weighted by Crippen LogP contribution is 2.44. The van der Waals surface area contributed by atoms with Crippen LogP contribution < -0.4 is 0 Å².